The number of ether oxygens (including phenoxy) is 1. The predicted molar refractivity (Wildman–Crippen MR) is 79.0 cm³/mol. The first kappa shape index (κ1) is 15.7. The van der Waals surface area contributed by atoms with Crippen LogP contribution in [-0.2, 0) is 4.74 Å². The van der Waals surface area contributed by atoms with Gasteiger partial charge in [0.2, 0.25) is 0 Å². The van der Waals surface area contributed by atoms with Gasteiger partial charge in [-0.1, -0.05) is 44.8 Å². The van der Waals surface area contributed by atoms with Crippen LogP contribution in [-0.4, -0.2) is 24.8 Å². The Morgan fingerprint density at radius 2 is 1.83 bits per heavy atom. The quantitative estimate of drug-likeness (QED) is 0.546. The molecule has 0 aromatic rings. The van der Waals surface area contributed by atoms with Crippen molar-refractivity contribution in [2.75, 3.05) is 13.2 Å². The zero-order chi connectivity index (χ0) is 13.4. The van der Waals surface area contributed by atoms with Gasteiger partial charge in [-0.05, 0) is 39.7 Å². The Bertz CT molecular complexity index is 241. The van der Waals surface area contributed by atoms with E-state index in [1.165, 1.54) is 44.1 Å². The summed E-state index contributed by atoms with van der Waals surface area (Å²) in [6.07, 6.45) is 8.79. The van der Waals surface area contributed by atoms with Crippen LogP contribution in [0, 0.1) is 0 Å². The van der Waals surface area contributed by atoms with Crippen molar-refractivity contribution in [1.29, 1.82) is 0 Å². The van der Waals surface area contributed by atoms with E-state index in [0.717, 1.165) is 19.6 Å². The Morgan fingerprint density at radius 3 is 2.28 bits per heavy atom. The fourth-order valence-corrected chi connectivity index (χ4v) is 3.23. The summed E-state index contributed by atoms with van der Waals surface area (Å²) in [6, 6.07) is 0.315. The first-order valence-corrected chi connectivity index (χ1v) is 7.69. The van der Waals surface area contributed by atoms with Gasteiger partial charge in [0.15, 0.2) is 0 Å². The molecule has 1 fully saturated rings. The van der Waals surface area contributed by atoms with Crippen molar-refractivity contribution in [2.45, 2.75) is 77.4 Å². The molecule has 0 aromatic carbocycles. The third-order valence-electron chi connectivity index (χ3n) is 4.00. The summed E-state index contributed by atoms with van der Waals surface area (Å²) in [5, 5.41) is 3.67. The maximum Gasteiger partial charge on any atom is 0.0872 e. The van der Waals surface area contributed by atoms with Crippen LogP contribution in [0.2, 0.25) is 0 Å². The van der Waals surface area contributed by atoms with Crippen molar-refractivity contribution in [1.82, 2.24) is 5.32 Å². The maximum absolute atomic E-state index is 6.25. The molecule has 0 aliphatic heterocycles. The average molecular weight is 253 g/mol. The topological polar surface area (TPSA) is 21.3 Å². The summed E-state index contributed by atoms with van der Waals surface area (Å²) >= 11 is 0. The van der Waals surface area contributed by atoms with E-state index in [2.05, 4.69) is 32.7 Å². The van der Waals surface area contributed by atoms with Crippen LogP contribution in [0.1, 0.15) is 65.7 Å². The van der Waals surface area contributed by atoms with Crippen LogP contribution in [0.25, 0.3) is 0 Å². The number of rotatable bonds is 7. The molecule has 0 radical (unpaired) electrons. The Labute approximate surface area is 113 Å². The summed E-state index contributed by atoms with van der Waals surface area (Å²) in [5.74, 6) is 0. The van der Waals surface area contributed by atoms with Crippen LogP contribution in [0.15, 0.2) is 12.2 Å². The molecule has 1 rings (SSSR count). The van der Waals surface area contributed by atoms with E-state index in [1.54, 1.807) is 0 Å². The highest BCUT2D eigenvalue weighted by molar-refractivity contribution is 5.12. The van der Waals surface area contributed by atoms with Gasteiger partial charge < -0.3 is 10.1 Å². The van der Waals surface area contributed by atoms with Crippen LogP contribution in [0.5, 0.6) is 0 Å². The number of hydrogen-bond donors (Lipinski definition) is 1. The summed E-state index contributed by atoms with van der Waals surface area (Å²) in [7, 11) is 0. The average Bonchev–Trinajstić information content (AvgIpc) is 2.56. The van der Waals surface area contributed by atoms with Crippen molar-refractivity contribution < 1.29 is 4.74 Å². The Hall–Kier alpha value is -0.340. The van der Waals surface area contributed by atoms with Gasteiger partial charge in [0.1, 0.15) is 0 Å². The molecule has 2 nitrogen and oxygen atoms in total. The van der Waals surface area contributed by atoms with Crippen LogP contribution >= 0.6 is 0 Å². The van der Waals surface area contributed by atoms with Gasteiger partial charge in [0.05, 0.1) is 11.6 Å². The van der Waals surface area contributed by atoms with Crippen molar-refractivity contribution in [2.24, 2.45) is 0 Å². The molecule has 1 aliphatic carbocycles. The molecule has 0 bridgehead atoms. The first-order valence-electron chi connectivity index (χ1n) is 7.69. The standard InChI is InChI=1S/C16H31NO/c1-5-13-17-15(14(3)4)16(18-6-2)11-9-7-8-10-12-16/h15,17H,3,5-13H2,1-2,4H3. The normalized spacial score (nSPS) is 21.3. The molecule has 18 heavy (non-hydrogen) atoms. The molecule has 1 aliphatic rings. The van der Waals surface area contributed by atoms with Gasteiger partial charge in [0, 0.05) is 6.61 Å². The number of hydrogen-bond acceptors (Lipinski definition) is 2. The van der Waals surface area contributed by atoms with Gasteiger partial charge in [0.25, 0.3) is 0 Å². The Morgan fingerprint density at radius 1 is 1.22 bits per heavy atom. The minimum atomic E-state index is -0.00769. The molecule has 0 amide bonds. The van der Waals surface area contributed by atoms with Gasteiger partial charge in [-0.2, -0.15) is 0 Å². The molecule has 106 valence electrons. The molecule has 0 heterocycles. The van der Waals surface area contributed by atoms with E-state index in [-0.39, 0.29) is 5.60 Å². The second-order valence-corrected chi connectivity index (χ2v) is 5.65. The lowest BCUT2D eigenvalue weighted by atomic mass is 9.82. The summed E-state index contributed by atoms with van der Waals surface area (Å²) in [5.41, 5.74) is 1.21. The predicted octanol–water partition coefficient (Wildman–Crippen LogP) is 4.06. The maximum atomic E-state index is 6.25. The molecular weight excluding hydrogens is 222 g/mol. The Kier molecular flexibility index (Phi) is 6.95. The molecule has 0 spiro atoms. The number of nitrogens with one attached hydrogen (secondary N) is 1. The van der Waals surface area contributed by atoms with Gasteiger partial charge in [-0.25, -0.2) is 0 Å². The fourth-order valence-electron chi connectivity index (χ4n) is 3.23. The molecule has 0 saturated heterocycles. The van der Waals surface area contributed by atoms with E-state index in [9.17, 15) is 0 Å². The lowest BCUT2D eigenvalue weighted by Crippen LogP contribution is -2.53. The van der Waals surface area contributed by atoms with Gasteiger partial charge in [-0.15, -0.1) is 0 Å². The molecular formula is C16H31NO. The smallest absolute Gasteiger partial charge is 0.0872 e. The summed E-state index contributed by atoms with van der Waals surface area (Å²) < 4.78 is 6.25. The van der Waals surface area contributed by atoms with E-state index in [0.29, 0.717) is 6.04 Å². The minimum Gasteiger partial charge on any atom is -0.373 e. The van der Waals surface area contributed by atoms with Crippen LogP contribution in [0.4, 0.5) is 0 Å². The highest BCUT2D eigenvalue weighted by Crippen LogP contribution is 2.35. The third-order valence-corrected chi connectivity index (χ3v) is 4.00. The second kappa shape index (κ2) is 7.96. The second-order valence-electron chi connectivity index (χ2n) is 5.65. The zero-order valence-electron chi connectivity index (χ0n) is 12.6. The third kappa shape index (κ3) is 4.10. The Balaban J connectivity index is 2.85. The summed E-state index contributed by atoms with van der Waals surface area (Å²) in [6.45, 7) is 12.5. The SMILES string of the molecule is C=C(C)C(NCCC)C1(OCC)CCCCCC1. The highest BCUT2D eigenvalue weighted by atomic mass is 16.5. The van der Waals surface area contributed by atoms with Crippen molar-refractivity contribution >= 4 is 0 Å². The molecule has 1 atom stereocenters. The van der Waals surface area contributed by atoms with Crippen molar-refractivity contribution in [3.8, 4) is 0 Å². The van der Waals surface area contributed by atoms with Crippen molar-refractivity contribution in [3.05, 3.63) is 12.2 Å². The van der Waals surface area contributed by atoms with Gasteiger partial charge >= 0.3 is 0 Å². The molecule has 1 N–H and O–H groups in total. The monoisotopic (exact) mass is 253 g/mol. The van der Waals surface area contributed by atoms with Crippen LogP contribution < -0.4 is 5.32 Å². The minimum absolute atomic E-state index is 0.00769. The molecule has 1 saturated carbocycles. The lowest BCUT2D eigenvalue weighted by Gasteiger charge is -2.41. The van der Waals surface area contributed by atoms with Crippen molar-refractivity contribution in [3.63, 3.8) is 0 Å². The molecule has 2 heteroatoms. The van der Waals surface area contributed by atoms with Gasteiger partial charge in [-0.3, -0.25) is 0 Å². The zero-order valence-corrected chi connectivity index (χ0v) is 12.6. The molecule has 1 unspecified atom stereocenters. The summed E-state index contributed by atoms with van der Waals surface area (Å²) in [4.78, 5) is 0. The van der Waals surface area contributed by atoms with E-state index >= 15 is 0 Å². The van der Waals surface area contributed by atoms with E-state index in [4.69, 9.17) is 4.74 Å². The molecule has 0 aromatic heterocycles. The highest BCUT2D eigenvalue weighted by Gasteiger charge is 2.39. The largest absolute Gasteiger partial charge is 0.373 e. The van der Waals surface area contributed by atoms with E-state index in [1.807, 2.05) is 0 Å². The van der Waals surface area contributed by atoms with E-state index < -0.39 is 0 Å². The lowest BCUT2D eigenvalue weighted by molar-refractivity contribution is -0.0684. The first-order chi connectivity index (χ1) is 8.66. The fraction of sp³-hybridized carbons (Fsp3) is 0.875. The van der Waals surface area contributed by atoms with Crippen LogP contribution in [0.3, 0.4) is 0 Å².